The second kappa shape index (κ2) is 10.3. The van der Waals surface area contributed by atoms with Crippen molar-refractivity contribution in [3.63, 3.8) is 0 Å². The second-order valence-corrected chi connectivity index (χ2v) is 11.9. The fraction of sp³-hybridized carbons (Fsp3) is 0.269. The number of fused-ring (bicyclic) bond motifs is 2. The molecule has 0 fully saturated rings. The highest BCUT2D eigenvalue weighted by Crippen LogP contribution is 2.42. The van der Waals surface area contributed by atoms with Crippen LogP contribution in [-0.2, 0) is 23.1 Å². The van der Waals surface area contributed by atoms with Gasteiger partial charge >= 0.3 is 15.5 Å². The smallest absolute Gasteiger partial charge is 0.490 e. The summed E-state index contributed by atoms with van der Waals surface area (Å²) >= 11 is 1.38. The van der Waals surface area contributed by atoms with Crippen molar-refractivity contribution < 1.29 is 40.6 Å². The molecule has 4 aromatic rings. The van der Waals surface area contributed by atoms with Crippen LogP contribution in [0.3, 0.4) is 0 Å². The van der Waals surface area contributed by atoms with Gasteiger partial charge in [-0.1, -0.05) is 12.1 Å². The third-order valence-corrected chi connectivity index (χ3v) is 8.46. The summed E-state index contributed by atoms with van der Waals surface area (Å²) in [6.45, 7) is 1.91. The van der Waals surface area contributed by atoms with Crippen LogP contribution in [-0.4, -0.2) is 30.1 Å². The number of halogens is 4. The van der Waals surface area contributed by atoms with Crippen LogP contribution in [0.25, 0.3) is 10.2 Å². The fourth-order valence-electron chi connectivity index (χ4n) is 4.41. The van der Waals surface area contributed by atoms with E-state index in [-0.39, 0.29) is 24.5 Å². The molecule has 5 rings (SSSR count). The first-order chi connectivity index (χ1) is 18.4. The molecular formula is C26H22F4N2O5S2. The molecule has 0 radical (unpaired) electrons. The van der Waals surface area contributed by atoms with Crippen LogP contribution in [0.2, 0.25) is 0 Å². The maximum Gasteiger partial charge on any atom is 0.516 e. The molecule has 0 amide bonds. The van der Waals surface area contributed by atoms with E-state index in [0.29, 0.717) is 33.2 Å². The second-order valence-electron chi connectivity index (χ2n) is 9.10. The Morgan fingerprint density at radius 1 is 1.13 bits per heavy atom. The number of benzene rings is 3. The number of aromatic nitrogens is 1. The molecular weight excluding hydrogens is 560 g/mol. The van der Waals surface area contributed by atoms with E-state index < -0.39 is 33.7 Å². The molecule has 2 heterocycles. The highest BCUT2D eigenvalue weighted by molar-refractivity contribution is 7.93. The van der Waals surface area contributed by atoms with Crippen molar-refractivity contribution in [3.05, 3.63) is 82.6 Å². The lowest BCUT2D eigenvalue weighted by Crippen LogP contribution is -2.35. The summed E-state index contributed by atoms with van der Waals surface area (Å²) in [5, 5.41) is 11.9. The number of nitrogens with one attached hydrogen (secondary N) is 1. The molecule has 0 saturated carbocycles. The molecule has 0 bridgehead atoms. The van der Waals surface area contributed by atoms with Crippen molar-refractivity contribution >= 4 is 37.3 Å². The van der Waals surface area contributed by atoms with Gasteiger partial charge in [0.1, 0.15) is 35.0 Å². The standard InChI is InChI=1S/C26H22F4N2O5S2/c1-14-19(10-15-3-2-4-17(9-15)32-39(34,35)26(28,29)30)25(33)20-12-18(6-7-22(20)37-14)36-13-24-31-21-11-16(27)5-8-23(21)38-24/h2-9,11-12,14,19,25,32-33H,10,13H2,1H3/t14-,19-,25-/m1/s1. The minimum Gasteiger partial charge on any atom is -0.490 e. The van der Waals surface area contributed by atoms with Crippen LogP contribution >= 0.6 is 11.3 Å². The minimum absolute atomic E-state index is 0.136. The van der Waals surface area contributed by atoms with Crippen LogP contribution in [0.5, 0.6) is 11.5 Å². The van der Waals surface area contributed by atoms with Crippen molar-refractivity contribution in [2.75, 3.05) is 4.72 Å². The van der Waals surface area contributed by atoms with Crippen LogP contribution in [0.1, 0.15) is 29.2 Å². The molecule has 0 aliphatic carbocycles. The molecule has 39 heavy (non-hydrogen) atoms. The Labute approximate surface area is 225 Å². The van der Waals surface area contributed by atoms with Crippen LogP contribution in [0.4, 0.5) is 23.2 Å². The Balaban J connectivity index is 1.30. The molecule has 1 aliphatic heterocycles. The number of anilines is 1. The van der Waals surface area contributed by atoms with Gasteiger partial charge in [0, 0.05) is 23.2 Å². The van der Waals surface area contributed by atoms with E-state index >= 15 is 0 Å². The topological polar surface area (TPSA) is 97.8 Å². The van der Waals surface area contributed by atoms with Crippen LogP contribution < -0.4 is 14.2 Å². The molecule has 7 nitrogen and oxygen atoms in total. The summed E-state index contributed by atoms with van der Waals surface area (Å²) < 4.78 is 88.9. The van der Waals surface area contributed by atoms with Crippen LogP contribution in [0.15, 0.2) is 60.7 Å². The third kappa shape index (κ3) is 5.80. The SMILES string of the molecule is C[C@H]1Oc2ccc(OCc3nc4cc(F)ccc4s3)cc2[C@H](O)[C@@H]1Cc1cccc(NS(=O)(=O)C(F)(F)F)c1. The zero-order valence-electron chi connectivity index (χ0n) is 20.3. The molecule has 0 saturated heterocycles. The summed E-state index contributed by atoms with van der Waals surface area (Å²) in [5.41, 5.74) is -4.15. The highest BCUT2D eigenvalue weighted by Gasteiger charge is 2.46. The van der Waals surface area contributed by atoms with E-state index in [0.717, 1.165) is 4.70 Å². The van der Waals surface area contributed by atoms with Gasteiger partial charge in [-0.05, 0) is 61.4 Å². The summed E-state index contributed by atoms with van der Waals surface area (Å²) in [6, 6.07) is 15.0. The number of alkyl halides is 3. The normalized spacial score (nSPS) is 19.4. The largest absolute Gasteiger partial charge is 0.516 e. The van der Waals surface area contributed by atoms with Crippen molar-refractivity contribution in [1.29, 1.82) is 0 Å². The average molecular weight is 583 g/mol. The molecule has 0 spiro atoms. The van der Waals surface area contributed by atoms with E-state index in [1.54, 1.807) is 37.3 Å². The number of aliphatic hydroxyl groups excluding tert-OH is 1. The Morgan fingerprint density at radius 2 is 1.92 bits per heavy atom. The number of aliphatic hydroxyl groups is 1. The summed E-state index contributed by atoms with van der Waals surface area (Å²) in [7, 11) is -5.56. The minimum atomic E-state index is -5.56. The van der Waals surface area contributed by atoms with Gasteiger partial charge in [0.25, 0.3) is 0 Å². The van der Waals surface area contributed by atoms with Gasteiger partial charge in [-0.3, -0.25) is 4.72 Å². The molecule has 1 aliphatic rings. The van der Waals surface area contributed by atoms with E-state index in [1.165, 1.54) is 46.4 Å². The Kier molecular flexibility index (Phi) is 7.16. The number of rotatable bonds is 7. The average Bonchev–Trinajstić information content (AvgIpc) is 3.27. The molecule has 3 aromatic carbocycles. The predicted molar refractivity (Wildman–Crippen MR) is 138 cm³/mol. The van der Waals surface area contributed by atoms with E-state index in [1.807, 2.05) is 0 Å². The Bertz CT molecular complexity index is 1620. The van der Waals surface area contributed by atoms with Crippen molar-refractivity contribution in [3.8, 4) is 11.5 Å². The first-order valence-electron chi connectivity index (χ1n) is 11.7. The highest BCUT2D eigenvalue weighted by atomic mass is 32.2. The van der Waals surface area contributed by atoms with Gasteiger partial charge in [0.15, 0.2) is 0 Å². The van der Waals surface area contributed by atoms with Gasteiger partial charge in [-0.25, -0.2) is 9.37 Å². The summed E-state index contributed by atoms with van der Waals surface area (Å²) in [4.78, 5) is 4.38. The van der Waals surface area contributed by atoms with Gasteiger partial charge in [-0.2, -0.15) is 21.6 Å². The monoisotopic (exact) mass is 582 g/mol. The van der Waals surface area contributed by atoms with Crippen LogP contribution in [0, 0.1) is 11.7 Å². The number of ether oxygens (including phenoxy) is 2. The maximum absolute atomic E-state index is 13.4. The van der Waals surface area contributed by atoms with Gasteiger partial charge in [-0.15, -0.1) is 11.3 Å². The van der Waals surface area contributed by atoms with Crippen molar-refractivity contribution in [2.45, 2.75) is 37.7 Å². The molecule has 0 unspecified atom stereocenters. The van der Waals surface area contributed by atoms with E-state index in [9.17, 15) is 31.1 Å². The number of sulfonamides is 1. The first kappa shape index (κ1) is 27.2. The maximum atomic E-state index is 13.4. The van der Waals surface area contributed by atoms with Gasteiger partial charge in [0.2, 0.25) is 0 Å². The number of thiazole rings is 1. The predicted octanol–water partition coefficient (Wildman–Crippen LogP) is 5.95. The van der Waals surface area contributed by atoms with E-state index in [2.05, 4.69) is 4.98 Å². The Hall–Kier alpha value is -3.42. The molecule has 1 aromatic heterocycles. The molecule has 3 atom stereocenters. The molecule has 206 valence electrons. The van der Waals surface area contributed by atoms with Crippen molar-refractivity contribution in [1.82, 2.24) is 4.98 Å². The van der Waals surface area contributed by atoms with Gasteiger partial charge < -0.3 is 14.6 Å². The summed E-state index contributed by atoms with van der Waals surface area (Å²) in [5.74, 6) is 0.0721. The zero-order chi connectivity index (χ0) is 27.9. The molecule has 2 N–H and O–H groups in total. The fourth-order valence-corrected chi connectivity index (χ4v) is 5.82. The first-order valence-corrected chi connectivity index (χ1v) is 14.0. The number of nitrogens with zero attached hydrogens (tertiary/aromatic N) is 1. The van der Waals surface area contributed by atoms with Gasteiger partial charge in [0.05, 0.1) is 16.3 Å². The number of hydrogen-bond donors (Lipinski definition) is 2. The number of hydrogen-bond acceptors (Lipinski definition) is 7. The third-order valence-electron chi connectivity index (χ3n) is 6.33. The lowest BCUT2D eigenvalue weighted by atomic mass is 9.83. The van der Waals surface area contributed by atoms with Crippen molar-refractivity contribution in [2.24, 2.45) is 5.92 Å². The lowest BCUT2D eigenvalue weighted by Gasteiger charge is -2.36. The molecule has 13 heteroatoms. The van der Waals surface area contributed by atoms with E-state index in [4.69, 9.17) is 9.47 Å². The summed E-state index contributed by atoms with van der Waals surface area (Å²) in [6.07, 6.45) is -1.23. The zero-order valence-corrected chi connectivity index (χ0v) is 21.9. The Morgan fingerprint density at radius 3 is 2.69 bits per heavy atom. The lowest BCUT2D eigenvalue weighted by molar-refractivity contribution is -0.0429. The quantitative estimate of drug-likeness (QED) is 0.262.